The van der Waals surface area contributed by atoms with Gasteiger partial charge >= 0.3 is 0 Å². The van der Waals surface area contributed by atoms with Gasteiger partial charge in [0.25, 0.3) is 0 Å². The molecule has 21 heavy (non-hydrogen) atoms. The standard InChI is InChI=1S/C17H24N4/c1-2-21-15(10-13-19-21)16(20-18)17(11-6-7-12-17)14-8-4-3-5-9-14/h3-5,8-10,13,16,20H,2,6-7,11-12,18H2,1H3. The minimum atomic E-state index is 0.0724. The van der Waals surface area contributed by atoms with Crippen molar-refractivity contribution in [1.82, 2.24) is 15.2 Å². The summed E-state index contributed by atoms with van der Waals surface area (Å²) in [5.74, 6) is 6.00. The second-order valence-corrected chi connectivity index (χ2v) is 5.90. The first-order chi connectivity index (χ1) is 10.3. The van der Waals surface area contributed by atoms with Crippen LogP contribution in [0.4, 0.5) is 0 Å². The number of nitrogens with zero attached hydrogens (tertiary/aromatic N) is 2. The normalized spacial score (nSPS) is 18.8. The quantitative estimate of drug-likeness (QED) is 0.655. The lowest BCUT2D eigenvalue weighted by molar-refractivity contribution is 0.288. The number of aryl methyl sites for hydroxylation is 1. The van der Waals surface area contributed by atoms with Crippen LogP contribution >= 0.6 is 0 Å². The third kappa shape index (κ3) is 2.39. The van der Waals surface area contributed by atoms with E-state index in [1.165, 1.54) is 36.9 Å². The van der Waals surface area contributed by atoms with Crippen molar-refractivity contribution in [2.75, 3.05) is 0 Å². The SMILES string of the molecule is CCn1nccc1C(NN)C1(c2ccccc2)CCCC1. The largest absolute Gasteiger partial charge is 0.271 e. The van der Waals surface area contributed by atoms with Crippen molar-refractivity contribution in [2.24, 2.45) is 5.84 Å². The van der Waals surface area contributed by atoms with Crippen molar-refractivity contribution in [3.05, 3.63) is 53.9 Å². The summed E-state index contributed by atoms with van der Waals surface area (Å²) in [6.45, 7) is 2.99. The highest BCUT2D eigenvalue weighted by molar-refractivity contribution is 5.32. The third-order valence-corrected chi connectivity index (χ3v) is 4.91. The molecule has 1 unspecified atom stereocenters. The Kier molecular flexibility index (Phi) is 4.08. The van der Waals surface area contributed by atoms with Crippen LogP contribution in [-0.4, -0.2) is 9.78 Å². The molecule has 1 heterocycles. The zero-order valence-electron chi connectivity index (χ0n) is 12.6. The van der Waals surface area contributed by atoms with Crippen molar-refractivity contribution in [3.8, 4) is 0 Å². The van der Waals surface area contributed by atoms with Gasteiger partial charge in [-0.25, -0.2) is 0 Å². The average Bonchev–Trinajstić information content (AvgIpc) is 3.19. The van der Waals surface area contributed by atoms with Gasteiger partial charge in [-0.2, -0.15) is 5.10 Å². The van der Waals surface area contributed by atoms with Crippen LogP contribution in [-0.2, 0) is 12.0 Å². The Morgan fingerprint density at radius 1 is 1.24 bits per heavy atom. The van der Waals surface area contributed by atoms with E-state index >= 15 is 0 Å². The molecule has 0 bridgehead atoms. The predicted molar refractivity (Wildman–Crippen MR) is 84.6 cm³/mol. The fourth-order valence-electron chi connectivity index (χ4n) is 3.90. The van der Waals surface area contributed by atoms with Crippen molar-refractivity contribution in [3.63, 3.8) is 0 Å². The second kappa shape index (κ2) is 6.00. The molecule has 3 N–H and O–H groups in total. The van der Waals surface area contributed by atoms with Crippen LogP contribution in [0.2, 0.25) is 0 Å². The molecule has 0 amide bonds. The molecule has 0 aliphatic heterocycles. The van der Waals surface area contributed by atoms with Gasteiger partial charge in [0.05, 0.1) is 11.7 Å². The Balaban J connectivity index is 2.07. The van der Waals surface area contributed by atoms with E-state index in [1.54, 1.807) is 0 Å². The molecular weight excluding hydrogens is 260 g/mol. The third-order valence-electron chi connectivity index (χ3n) is 4.91. The summed E-state index contributed by atoms with van der Waals surface area (Å²) < 4.78 is 2.05. The van der Waals surface area contributed by atoms with E-state index in [0.29, 0.717) is 0 Å². The first kappa shape index (κ1) is 14.3. The number of nitrogens with one attached hydrogen (secondary N) is 1. The molecule has 4 nitrogen and oxygen atoms in total. The molecular formula is C17H24N4. The summed E-state index contributed by atoms with van der Waals surface area (Å²) in [5, 5.41) is 4.42. The summed E-state index contributed by atoms with van der Waals surface area (Å²) in [7, 11) is 0. The molecule has 2 aromatic rings. The van der Waals surface area contributed by atoms with Gasteiger partial charge < -0.3 is 0 Å². The van der Waals surface area contributed by atoms with E-state index in [2.05, 4.69) is 53.8 Å². The van der Waals surface area contributed by atoms with Gasteiger partial charge in [0.1, 0.15) is 0 Å². The van der Waals surface area contributed by atoms with E-state index in [4.69, 9.17) is 5.84 Å². The van der Waals surface area contributed by atoms with Gasteiger partial charge in [0.2, 0.25) is 0 Å². The van der Waals surface area contributed by atoms with Crippen LogP contribution < -0.4 is 11.3 Å². The Morgan fingerprint density at radius 3 is 2.57 bits per heavy atom. The van der Waals surface area contributed by atoms with Crippen LogP contribution in [0.3, 0.4) is 0 Å². The molecule has 1 aliphatic rings. The maximum Gasteiger partial charge on any atom is 0.0725 e. The molecule has 112 valence electrons. The minimum Gasteiger partial charge on any atom is -0.271 e. The average molecular weight is 284 g/mol. The van der Waals surface area contributed by atoms with Gasteiger partial charge in [-0.05, 0) is 31.4 Å². The zero-order chi connectivity index (χ0) is 14.7. The molecule has 3 rings (SSSR count). The molecule has 1 atom stereocenters. The number of hydrogen-bond acceptors (Lipinski definition) is 3. The Hall–Kier alpha value is -1.65. The van der Waals surface area contributed by atoms with E-state index in [-0.39, 0.29) is 11.5 Å². The molecule has 4 heteroatoms. The fraction of sp³-hybridized carbons (Fsp3) is 0.471. The van der Waals surface area contributed by atoms with Crippen LogP contribution in [0.15, 0.2) is 42.6 Å². The molecule has 1 aromatic heterocycles. The molecule has 1 fully saturated rings. The molecule has 1 aliphatic carbocycles. The van der Waals surface area contributed by atoms with Gasteiger partial charge in [-0.1, -0.05) is 43.2 Å². The van der Waals surface area contributed by atoms with Crippen molar-refractivity contribution in [1.29, 1.82) is 0 Å². The number of benzene rings is 1. The van der Waals surface area contributed by atoms with E-state index in [9.17, 15) is 0 Å². The van der Waals surface area contributed by atoms with Gasteiger partial charge in [-0.15, -0.1) is 0 Å². The van der Waals surface area contributed by atoms with E-state index in [1.807, 2.05) is 10.9 Å². The zero-order valence-corrected chi connectivity index (χ0v) is 12.6. The molecule has 0 spiro atoms. The topological polar surface area (TPSA) is 55.9 Å². The highest BCUT2D eigenvalue weighted by Gasteiger charge is 2.44. The van der Waals surface area contributed by atoms with Gasteiger partial charge in [-0.3, -0.25) is 16.0 Å². The Bertz CT molecular complexity index is 569. The molecule has 1 aromatic carbocycles. The summed E-state index contributed by atoms with van der Waals surface area (Å²) in [5.41, 5.74) is 5.74. The van der Waals surface area contributed by atoms with E-state index < -0.39 is 0 Å². The van der Waals surface area contributed by atoms with Gasteiger partial charge in [0.15, 0.2) is 0 Å². The minimum absolute atomic E-state index is 0.0724. The molecule has 0 saturated heterocycles. The van der Waals surface area contributed by atoms with Crippen LogP contribution in [0.1, 0.15) is 49.9 Å². The lowest BCUT2D eigenvalue weighted by Gasteiger charge is -2.38. The summed E-state index contributed by atoms with van der Waals surface area (Å²) >= 11 is 0. The van der Waals surface area contributed by atoms with Crippen LogP contribution in [0, 0.1) is 0 Å². The first-order valence-corrected chi connectivity index (χ1v) is 7.85. The second-order valence-electron chi connectivity index (χ2n) is 5.90. The first-order valence-electron chi connectivity index (χ1n) is 7.85. The lowest BCUT2D eigenvalue weighted by Crippen LogP contribution is -2.44. The number of nitrogens with two attached hydrogens (primary N) is 1. The maximum absolute atomic E-state index is 6.00. The maximum atomic E-state index is 6.00. The number of hydrogen-bond donors (Lipinski definition) is 2. The molecule has 1 saturated carbocycles. The summed E-state index contributed by atoms with van der Waals surface area (Å²) in [6, 6.07) is 13.0. The number of rotatable bonds is 5. The van der Waals surface area contributed by atoms with Gasteiger partial charge in [0, 0.05) is 18.2 Å². The Labute approximate surface area is 126 Å². The van der Waals surface area contributed by atoms with Crippen molar-refractivity contribution < 1.29 is 0 Å². The van der Waals surface area contributed by atoms with Crippen LogP contribution in [0.5, 0.6) is 0 Å². The highest BCUT2D eigenvalue weighted by atomic mass is 15.3. The monoisotopic (exact) mass is 284 g/mol. The number of aromatic nitrogens is 2. The van der Waals surface area contributed by atoms with Crippen molar-refractivity contribution in [2.45, 2.75) is 50.6 Å². The summed E-state index contributed by atoms with van der Waals surface area (Å²) in [6.07, 6.45) is 6.72. The fourth-order valence-corrected chi connectivity index (χ4v) is 3.90. The Morgan fingerprint density at radius 2 is 1.95 bits per heavy atom. The molecule has 0 radical (unpaired) electrons. The number of hydrazine groups is 1. The summed E-state index contributed by atoms with van der Waals surface area (Å²) in [4.78, 5) is 0. The van der Waals surface area contributed by atoms with Crippen LogP contribution in [0.25, 0.3) is 0 Å². The lowest BCUT2D eigenvalue weighted by atomic mass is 9.71. The smallest absolute Gasteiger partial charge is 0.0725 e. The van der Waals surface area contributed by atoms with E-state index in [0.717, 1.165) is 6.54 Å². The highest BCUT2D eigenvalue weighted by Crippen LogP contribution is 2.49. The predicted octanol–water partition coefficient (Wildman–Crippen LogP) is 2.92. The van der Waals surface area contributed by atoms with Crippen molar-refractivity contribution >= 4 is 0 Å².